The van der Waals surface area contributed by atoms with Crippen molar-refractivity contribution in [2.75, 3.05) is 13.2 Å². The maximum Gasteiger partial charge on any atom is 0.446 e. The average Bonchev–Trinajstić information content (AvgIpc) is 2.60. The second kappa shape index (κ2) is 11.3. The molecule has 0 saturated carbocycles. The third kappa shape index (κ3) is 9.20. The fraction of sp³-hybridized carbons (Fsp3) is 0.444. The molecule has 27 heavy (non-hydrogen) atoms. The van der Waals surface area contributed by atoms with E-state index in [1.54, 1.807) is 0 Å². The van der Waals surface area contributed by atoms with Gasteiger partial charge in [0.15, 0.2) is 0 Å². The predicted molar refractivity (Wildman–Crippen MR) is 98.3 cm³/mol. The van der Waals surface area contributed by atoms with Crippen molar-refractivity contribution < 1.29 is 36.2 Å². The minimum atomic E-state index is -4.63. The Morgan fingerprint density at radius 1 is 0.963 bits per heavy atom. The molecule has 0 aromatic heterocycles. The highest BCUT2D eigenvalue weighted by Crippen LogP contribution is 2.17. The van der Waals surface area contributed by atoms with Gasteiger partial charge in [-0.05, 0) is 36.6 Å². The van der Waals surface area contributed by atoms with Gasteiger partial charge in [0, 0.05) is 0 Å². The Hall–Kier alpha value is -2.39. The summed E-state index contributed by atoms with van der Waals surface area (Å²) in [5.74, 6) is -1.70. The zero-order chi connectivity index (χ0) is 20.3. The van der Waals surface area contributed by atoms with Gasteiger partial charge in [0.25, 0.3) is 0 Å². The van der Waals surface area contributed by atoms with Crippen LogP contribution in [0, 0.1) is 0 Å². The maximum atomic E-state index is 12.2. The summed E-state index contributed by atoms with van der Waals surface area (Å²) in [6.45, 7) is 4.27. The van der Waals surface area contributed by atoms with Crippen molar-refractivity contribution in [1.29, 1.82) is 0 Å². The minimum absolute atomic E-state index is 0.118. The average molecular weight is 400 g/mol. The molecule has 9 heteroatoms. The van der Waals surface area contributed by atoms with E-state index in [0.717, 1.165) is 12.8 Å². The topological polar surface area (TPSA) is 116 Å². The van der Waals surface area contributed by atoms with Gasteiger partial charge in [0.05, 0.1) is 13.2 Å². The van der Waals surface area contributed by atoms with Crippen molar-refractivity contribution >= 4 is 28.4 Å². The van der Waals surface area contributed by atoms with Gasteiger partial charge in [0.2, 0.25) is 0 Å². The molecular formula is C18H24O8S. The summed E-state index contributed by atoms with van der Waals surface area (Å²) in [6, 6.07) is 5.36. The molecule has 0 heterocycles. The number of hydrogen-bond acceptors (Lipinski definition) is 7. The molecule has 1 rings (SSSR count). The zero-order valence-electron chi connectivity index (χ0n) is 15.3. The van der Waals surface area contributed by atoms with E-state index in [0.29, 0.717) is 18.4 Å². The van der Waals surface area contributed by atoms with E-state index >= 15 is 0 Å². The Morgan fingerprint density at radius 2 is 1.44 bits per heavy atom. The fourth-order valence-electron chi connectivity index (χ4n) is 1.88. The van der Waals surface area contributed by atoms with E-state index < -0.39 is 22.3 Å². The zero-order valence-corrected chi connectivity index (χ0v) is 16.2. The molecule has 1 aromatic rings. The second-order valence-corrected chi connectivity index (χ2v) is 6.64. The van der Waals surface area contributed by atoms with Crippen molar-refractivity contribution in [3.8, 4) is 5.75 Å². The fourth-order valence-corrected chi connectivity index (χ4v) is 2.24. The lowest BCUT2D eigenvalue weighted by Crippen LogP contribution is -2.19. The second-order valence-electron chi connectivity index (χ2n) is 5.62. The number of ether oxygens (including phenoxy) is 2. The third-order valence-electron chi connectivity index (χ3n) is 3.29. The molecule has 0 spiro atoms. The van der Waals surface area contributed by atoms with E-state index in [2.05, 4.69) is 4.18 Å². The van der Waals surface area contributed by atoms with Crippen molar-refractivity contribution in [2.24, 2.45) is 0 Å². The summed E-state index contributed by atoms with van der Waals surface area (Å²) in [5.41, 5.74) is 0.165. The number of carbonyl (C=O) groups is 2. The highest BCUT2D eigenvalue weighted by molar-refractivity contribution is 7.81. The number of esters is 2. The van der Waals surface area contributed by atoms with Crippen molar-refractivity contribution in [3.05, 3.63) is 35.4 Å². The van der Waals surface area contributed by atoms with Crippen LogP contribution in [0.5, 0.6) is 5.75 Å². The van der Waals surface area contributed by atoms with E-state index in [4.69, 9.17) is 14.0 Å². The van der Waals surface area contributed by atoms with Gasteiger partial charge in [-0.3, -0.25) is 4.55 Å². The molecule has 0 unspecified atom stereocenters. The lowest BCUT2D eigenvalue weighted by Gasteiger charge is -2.09. The van der Waals surface area contributed by atoms with Gasteiger partial charge in [-0.2, -0.15) is 8.42 Å². The standard InChI is InChI=1S/C18H24O8S/c1-3-5-11-24-17(19)16(18(20)25-12-6-4-2)13-14-7-9-15(10-8-14)26-27(21,22)23/h7-10,13H,3-6,11-12H2,1-2H3,(H,21,22,23). The van der Waals surface area contributed by atoms with Crippen LogP contribution >= 0.6 is 0 Å². The van der Waals surface area contributed by atoms with Gasteiger partial charge in [-0.25, -0.2) is 9.59 Å². The molecular weight excluding hydrogens is 376 g/mol. The Morgan fingerprint density at radius 3 is 1.85 bits per heavy atom. The Bertz CT molecular complexity index is 726. The predicted octanol–water partition coefficient (Wildman–Crippen LogP) is 2.94. The lowest BCUT2D eigenvalue weighted by atomic mass is 10.1. The summed E-state index contributed by atoms with van der Waals surface area (Å²) >= 11 is 0. The molecule has 1 N–H and O–H groups in total. The van der Waals surface area contributed by atoms with Crippen LogP contribution in [0.25, 0.3) is 6.08 Å². The van der Waals surface area contributed by atoms with Gasteiger partial charge in [-0.1, -0.05) is 38.8 Å². The van der Waals surface area contributed by atoms with Crippen LogP contribution in [-0.4, -0.2) is 38.1 Å². The van der Waals surface area contributed by atoms with Gasteiger partial charge < -0.3 is 13.7 Å². The van der Waals surface area contributed by atoms with Crippen molar-refractivity contribution in [2.45, 2.75) is 39.5 Å². The molecule has 1 aromatic carbocycles. The number of unbranched alkanes of at least 4 members (excludes halogenated alkanes) is 2. The van der Waals surface area contributed by atoms with Crippen LogP contribution in [-0.2, 0) is 29.5 Å². The van der Waals surface area contributed by atoms with Crippen LogP contribution in [0.15, 0.2) is 29.8 Å². The molecule has 0 atom stereocenters. The van der Waals surface area contributed by atoms with Crippen LogP contribution in [0.2, 0.25) is 0 Å². The van der Waals surface area contributed by atoms with E-state index in [9.17, 15) is 18.0 Å². The first-order chi connectivity index (χ1) is 12.8. The van der Waals surface area contributed by atoms with Crippen molar-refractivity contribution in [1.82, 2.24) is 0 Å². The third-order valence-corrected chi connectivity index (χ3v) is 3.70. The summed E-state index contributed by atoms with van der Waals surface area (Å²) in [7, 11) is -4.63. The van der Waals surface area contributed by atoms with Crippen LogP contribution < -0.4 is 4.18 Å². The maximum absolute atomic E-state index is 12.2. The van der Waals surface area contributed by atoms with Gasteiger partial charge in [-0.15, -0.1) is 0 Å². The smallest absolute Gasteiger partial charge is 0.446 e. The number of hydrogen-bond donors (Lipinski definition) is 1. The van der Waals surface area contributed by atoms with Crippen LogP contribution in [0.1, 0.15) is 45.1 Å². The summed E-state index contributed by atoms with van der Waals surface area (Å²) in [4.78, 5) is 24.4. The Balaban J connectivity index is 2.98. The summed E-state index contributed by atoms with van der Waals surface area (Å²) < 4.78 is 44.5. The highest BCUT2D eigenvalue weighted by atomic mass is 32.3. The van der Waals surface area contributed by atoms with E-state index in [1.807, 2.05) is 13.8 Å². The lowest BCUT2D eigenvalue weighted by molar-refractivity contribution is -0.147. The molecule has 0 aliphatic rings. The van der Waals surface area contributed by atoms with Crippen molar-refractivity contribution in [3.63, 3.8) is 0 Å². The minimum Gasteiger partial charge on any atom is -0.462 e. The molecule has 0 aliphatic carbocycles. The normalized spacial score (nSPS) is 10.8. The first kappa shape index (κ1) is 22.7. The van der Waals surface area contributed by atoms with E-state index in [-0.39, 0.29) is 24.5 Å². The van der Waals surface area contributed by atoms with Crippen LogP contribution in [0.4, 0.5) is 0 Å². The first-order valence-electron chi connectivity index (χ1n) is 8.59. The SMILES string of the molecule is CCCCOC(=O)C(=Cc1ccc(OS(=O)(=O)O)cc1)C(=O)OCCCC. The highest BCUT2D eigenvalue weighted by Gasteiger charge is 2.21. The Kier molecular flexibility index (Phi) is 9.52. The largest absolute Gasteiger partial charge is 0.462 e. The molecule has 0 bridgehead atoms. The molecule has 0 radical (unpaired) electrons. The number of benzene rings is 1. The molecule has 150 valence electrons. The van der Waals surface area contributed by atoms with Gasteiger partial charge >= 0.3 is 22.3 Å². The quantitative estimate of drug-likeness (QED) is 0.150. The monoisotopic (exact) mass is 400 g/mol. The molecule has 0 amide bonds. The summed E-state index contributed by atoms with van der Waals surface area (Å²) in [6.07, 6.45) is 4.31. The Labute approximate surface area is 159 Å². The van der Waals surface area contributed by atoms with Gasteiger partial charge in [0.1, 0.15) is 11.3 Å². The van der Waals surface area contributed by atoms with E-state index in [1.165, 1.54) is 30.3 Å². The first-order valence-corrected chi connectivity index (χ1v) is 9.96. The molecule has 0 saturated heterocycles. The molecule has 8 nitrogen and oxygen atoms in total. The number of carbonyl (C=O) groups excluding carboxylic acids is 2. The number of rotatable bonds is 11. The van der Waals surface area contributed by atoms with Crippen LogP contribution in [0.3, 0.4) is 0 Å². The summed E-state index contributed by atoms with van der Waals surface area (Å²) in [5, 5.41) is 0. The molecule has 0 aliphatic heterocycles. The molecule has 0 fully saturated rings.